The van der Waals surface area contributed by atoms with Gasteiger partial charge in [0, 0.05) is 10.4 Å². The van der Waals surface area contributed by atoms with Gasteiger partial charge >= 0.3 is 0 Å². The minimum atomic E-state index is 0.200. The maximum atomic E-state index is 10.2. The van der Waals surface area contributed by atoms with Crippen molar-refractivity contribution in [1.29, 1.82) is 0 Å². The molecule has 0 fully saturated rings. The van der Waals surface area contributed by atoms with Crippen LogP contribution in [-0.2, 0) is 0 Å². The Morgan fingerprint density at radius 2 is 1.76 bits per heavy atom. The van der Waals surface area contributed by atoms with Gasteiger partial charge < -0.3 is 10.4 Å². The molecule has 4 nitrogen and oxygen atoms in total. The third kappa shape index (κ3) is 3.06. The Morgan fingerprint density at radius 3 is 2.56 bits per heavy atom. The van der Waals surface area contributed by atoms with Gasteiger partial charge in [0.1, 0.15) is 16.4 Å². The lowest BCUT2D eigenvalue weighted by atomic mass is 10.2. The molecule has 0 atom stereocenters. The van der Waals surface area contributed by atoms with Gasteiger partial charge in [0.25, 0.3) is 0 Å². The van der Waals surface area contributed by atoms with Gasteiger partial charge in [0.15, 0.2) is 5.82 Å². The predicted octanol–water partition coefficient (Wildman–Crippen LogP) is 5.42. The Morgan fingerprint density at radius 1 is 0.960 bits per heavy atom. The fraction of sp³-hybridized carbons (Fsp3) is 0.100. The molecule has 4 rings (SSSR count). The largest absolute Gasteiger partial charge is 0.506 e. The molecule has 2 aromatic carbocycles. The van der Waals surface area contributed by atoms with Crippen LogP contribution in [0.4, 0.5) is 11.5 Å². The quantitative estimate of drug-likeness (QED) is 0.486. The van der Waals surface area contributed by atoms with Crippen LogP contribution in [0.15, 0.2) is 54.6 Å². The molecule has 0 aliphatic heterocycles. The van der Waals surface area contributed by atoms with Crippen molar-refractivity contribution in [3.8, 4) is 17.1 Å². The van der Waals surface area contributed by atoms with Gasteiger partial charge in [-0.3, -0.25) is 0 Å². The molecular weight excluding hydrogens is 330 g/mol. The second-order valence-electron chi connectivity index (χ2n) is 5.98. The summed E-state index contributed by atoms with van der Waals surface area (Å²) in [6.07, 6.45) is 0. The Kier molecular flexibility index (Phi) is 3.86. The smallest absolute Gasteiger partial charge is 0.163 e. The van der Waals surface area contributed by atoms with Crippen LogP contribution in [0.3, 0.4) is 0 Å². The molecule has 0 saturated heterocycles. The molecule has 0 amide bonds. The second-order valence-corrected chi connectivity index (χ2v) is 7.22. The molecule has 25 heavy (non-hydrogen) atoms. The average Bonchev–Trinajstić information content (AvgIpc) is 2.99. The highest BCUT2D eigenvalue weighted by molar-refractivity contribution is 7.18. The van der Waals surface area contributed by atoms with Gasteiger partial charge in [0.05, 0.1) is 11.1 Å². The lowest BCUT2D eigenvalue weighted by Crippen LogP contribution is -1.98. The molecule has 0 aliphatic rings. The summed E-state index contributed by atoms with van der Waals surface area (Å²) in [6.45, 7) is 4.05. The minimum absolute atomic E-state index is 0.200. The number of hydrogen-bond donors (Lipinski definition) is 2. The number of aromatic hydroxyl groups is 1. The van der Waals surface area contributed by atoms with Gasteiger partial charge in [-0.1, -0.05) is 36.4 Å². The maximum Gasteiger partial charge on any atom is 0.163 e. The predicted molar refractivity (Wildman–Crippen MR) is 104 cm³/mol. The number of benzene rings is 2. The molecule has 0 spiro atoms. The second kappa shape index (κ2) is 6.18. The number of phenols is 1. The van der Waals surface area contributed by atoms with E-state index < -0.39 is 0 Å². The summed E-state index contributed by atoms with van der Waals surface area (Å²) in [6, 6.07) is 17.5. The average molecular weight is 347 g/mol. The first-order valence-corrected chi connectivity index (χ1v) is 8.82. The molecule has 0 saturated carbocycles. The first-order valence-electron chi connectivity index (χ1n) is 8.00. The van der Waals surface area contributed by atoms with E-state index in [1.165, 1.54) is 4.88 Å². The highest BCUT2D eigenvalue weighted by Gasteiger charge is 2.13. The van der Waals surface area contributed by atoms with Crippen molar-refractivity contribution in [2.45, 2.75) is 13.8 Å². The molecule has 2 N–H and O–H groups in total. The standard InChI is InChI=1S/C20H17N3OS/c1-12-8-9-17(24)16(10-12)21-19-15-11-13(2)25-20(15)23-18(22-19)14-6-4-3-5-7-14/h3-11,24H,1-2H3,(H,21,22,23). The van der Waals surface area contributed by atoms with Crippen molar-refractivity contribution in [3.05, 3.63) is 65.0 Å². The Bertz CT molecular complexity index is 1060. The summed E-state index contributed by atoms with van der Waals surface area (Å²) >= 11 is 1.64. The van der Waals surface area contributed by atoms with Crippen LogP contribution in [0.2, 0.25) is 0 Å². The van der Waals surface area contributed by atoms with E-state index in [4.69, 9.17) is 9.97 Å². The van der Waals surface area contributed by atoms with E-state index in [-0.39, 0.29) is 5.75 Å². The summed E-state index contributed by atoms with van der Waals surface area (Å²) in [5.41, 5.74) is 2.67. The van der Waals surface area contributed by atoms with Crippen molar-refractivity contribution < 1.29 is 5.11 Å². The molecule has 0 aliphatic carbocycles. The molecule has 0 unspecified atom stereocenters. The van der Waals surface area contributed by atoms with Gasteiger partial charge in [-0.25, -0.2) is 9.97 Å². The van der Waals surface area contributed by atoms with E-state index in [0.717, 1.165) is 21.3 Å². The van der Waals surface area contributed by atoms with Crippen LogP contribution in [0.5, 0.6) is 5.75 Å². The SMILES string of the molecule is Cc1ccc(O)c(Nc2nc(-c3ccccc3)nc3sc(C)cc23)c1. The van der Waals surface area contributed by atoms with E-state index in [2.05, 4.69) is 18.3 Å². The van der Waals surface area contributed by atoms with Gasteiger partial charge in [-0.05, 0) is 37.6 Å². The van der Waals surface area contributed by atoms with Crippen LogP contribution < -0.4 is 5.32 Å². The summed E-state index contributed by atoms with van der Waals surface area (Å²) in [7, 11) is 0. The summed E-state index contributed by atoms with van der Waals surface area (Å²) < 4.78 is 0. The molecule has 2 heterocycles. The summed E-state index contributed by atoms with van der Waals surface area (Å²) in [4.78, 5) is 11.5. The van der Waals surface area contributed by atoms with Crippen LogP contribution in [0, 0.1) is 13.8 Å². The normalized spacial score (nSPS) is 11.0. The zero-order valence-corrected chi connectivity index (χ0v) is 14.8. The lowest BCUT2D eigenvalue weighted by Gasteiger charge is -2.11. The monoisotopic (exact) mass is 347 g/mol. The first-order chi connectivity index (χ1) is 12.1. The topological polar surface area (TPSA) is 58.0 Å². The minimum Gasteiger partial charge on any atom is -0.506 e. The first kappa shape index (κ1) is 15.6. The number of hydrogen-bond acceptors (Lipinski definition) is 5. The highest BCUT2D eigenvalue weighted by Crippen LogP contribution is 2.34. The number of nitrogens with one attached hydrogen (secondary N) is 1. The van der Waals surface area contributed by atoms with Crippen LogP contribution in [0.25, 0.3) is 21.6 Å². The number of aryl methyl sites for hydroxylation is 2. The van der Waals surface area contributed by atoms with Crippen LogP contribution in [-0.4, -0.2) is 15.1 Å². The Balaban J connectivity index is 1.88. The number of anilines is 2. The van der Waals surface area contributed by atoms with E-state index >= 15 is 0 Å². The van der Waals surface area contributed by atoms with E-state index in [0.29, 0.717) is 17.3 Å². The molecule has 4 aromatic rings. The fourth-order valence-electron chi connectivity index (χ4n) is 2.73. The lowest BCUT2D eigenvalue weighted by molar-refractivity contribution is 0.477. The molecule has 2 aromatic heterocycles. The van der Waals surface area contributed by atoms with E-state index in [1.807, 2.05) is 49.4 Å². The zero-order chi connectivity index (χ0) is 17.4. The van der Waals surface area contributed by atoms with Crippen molar-refractivity contribution >= 4 is 33.1 Å². The van der Waals surface area contributed by atoms with E-state index in [1.54, 1.807) is 17.4 Å². The summed E-state index contributed by atoms with van der Waals surface area (Å²) in [5, 5.41) is 14.4. The number of rotatable bonds is 3. The molecule has 124 valence electrons. The zero-order valence-electron chi connectivity index (χ0n) is 13.9. The Labute approximate surface area is 149 Å². The highest BCUT2D eigenvalue weighted by atomic mass is 32.1. The number of phenolic OH excluding ortho intramolecular Hbond substituents is 1. The number of nitrogens with zero attached hydrogens (tertiary/aromatic N) is 2. The number of thiophene rings is 1. The molecule has 5 heteroatoms. The summed E-state index contributed by atoms with van der Waals surface area (Å²) in [5.74, 6) is 1.57. The van der Waals surface area contributed by atoms with Crippen LogP contribution >= 0.6 is 11.3 Å². The van der Waals surface area contributed by atoms with Crippen molar-refractivity contribution in [2.24, 2.45) is 0 Å². The molecular formula is C20H17N3OS. The van der Waals surface area contributed by atoms with Crippen molar-refractivity contribution in [1.82, 2.24) is 9.97 Å². The van der Waals surface area contributed by atoms with E-state index in [9.17, 15) is 5.11 Å². The fourth-order valence-corrected chi connectivity index (χ4v) is 3.61. The molecule has 0 bridgehead atoms. The molecule has 0 radical (unpaired) electrons. The third-order valence-electron chi connectivity index (χ3n) is 3.95. The van der Waals surface area contributed by atoms with Crippen molar-refractivity contribution in [2.75, 3.05) is 5.32 Å². The third-order valence-corrected chi connectivity index (χ3v) is 4.90. The van der Waals surface area contributed by atoms with Gasteiger partial charge in [-0.2, -0.15) is 0 Å². The Hall–Kier alpha value is -2.92. The van der Waals surface area contributed by atoms with Crippen molar-refractivity contribution in [3.63, 3.8) is 0 Å². The maximum absolute atomic E-state index is 10.2. The van der Waals surface area contributed by atoms with Gasteiger partial charge in [0.2, 0.25) is 0 Å². The van der Waals surface area contributed by atoms with Crippen LogP contribution in [0.1, 0.15) is 10.4 Å². The number of fused-ring (bicyclic) bond motifs is 1. The number of aromatic nitrogens is 2. The van der Waals surface area contributed by atoms with Gasteiger partial charge in [-0.15, -0.1) is 11.3 Å².